The Bertz CT molecular complexity index is 915. The van der Waals surface area contributed by atoms with E-state index in [1.54, 1.807) is 49.4 Å². The minimum absolute atomic E-state index is 0.391. The van der Waals surface area contributed by atoms with Crippen molar-refractivity contribution in [3.05, 3.63) is 64.0 Å². The number of hydrogen-bond acceptors (Lipinski definition) is 4. The van der Waals surface area contributed by atoms with Crippen LogP contribution in [0.5, 0.6) is 5.75 Å². The van der Waals surface area contributed by atoms with Gasteiger partial charge in [0.05, 0.1) is 0 Å². The highest BCUT2D eigenvalue weighted by Gasteiger charge is 2.06. The molecule has 0 aliphatic rings. The van der Waals surface area contributed by atoms with Crippen LogP contribution >= 0.6 is 23.2 Å². The van der Waals surface area contributed by atoms with E-state index in [2.05, 4.69) is 4.98 Å². The number of carbonyl (C=O) groups is 1. The molecule has 3 rings (SSSR count). The van der Waals surface area contributed by atoms with Crippen molar-refractivity contribution in [2.45, 2.75) is 6.92 Å². The molecule has 1 aromatic heterocycles. The van der Waals surface area contributed by atoms with Crippen LogP contribution in [0.3, 0.4) is 0 Å². The zero-order valence-electron chi connectivity index (χ0n) is 12.0. The van der Waals surface area contributed by atoms with E-state index in [4.69, 9.17) is 32.4 Å². The van der Waals surface area contributed by atoms with Crippen LogP contribution in [0.4, 0.5) is 0 Å². The highest BCUT2D eigenvalue weighted by Crippen LogP contribution is 2.23. The topological polar surface area (TPSA) is 52.3 Å². The van der Waals surface area contributed by atoms with Crippen molar-refractivity contribution in [1.82, 2.24) is 4.98 Å². The van der Waals surface area contributed by atoms with Crippen molar-refractivity contribution in [2.75, 3.05) is 0 Å². The summed E-state index contributed by atoms with van der Waals surface area (Å²) in [6.07, 6.45) is 2.87. The van der Waals surface area contributed by atoms with Gasteiger partial charge in [0, 0.05) is 29.1 Å². The third-order valence-corrected chi connectivity index (χ3v) is 3.61. The maximum atomic E-state index is 11.9. The first kappa shape index (κ1) is 15.6. The summed E-state index contributed by atoms with van der Waals surface area (Å²) >= 11 is 11.9. The molecule has 0 radical (unpaired) electrons. The first-order chi connectivity index (χ1) is 11.0. The van der Waals surface area contributed by atoms with Gasteiger partial charge in [-0.2, -0.15) is 0 Å². The molecule has 116 valence electrons. The zero-order chi connectivity index (χ0) is 16.4. The average molecular weight is 348 g/mol. The highest BCUT2D eigenvalue weighted by molar-refractivity contribution is 6.35. The van der Waals surface area contributed by atoms with E-state index < -0.39 is 5.97 Å². The molecule has 23 heavy (non-hydrogen) atoms. The summed E-state index contributed by atoms with van der Waals surface area (Å²) in [5, 5.41) is 0.993. The average Bonchev–Trinajstić information content (AvgIpc) is 2.85. The second-order valence-electron chi connectivity index (χ2n) is 4.78. The number of ether oxygens (including phenoxy) is 1. The molecule has 0 N–H and O–H groups in total. The van der Waals surface area contributed by atoms with Crippen LogP contribution in [0.15, 0.2) is 46.9 Å². The molecule has 2 aromatic carbocycles. The van der Waals surface area contributed by atoms with Crippen LogP contribution in [-0.2, 0) is 4.79 Å². The molecule has 4 nitrogen and oxygen atoms in total. The van der Waals surface area contributed by atoms with Gasteiger partial charge in [-0.1, -0.05) is 29.3 Å². The predicted molar refractivity (Wildman–Crippen MR) is 89.9 cm³/mol. The molecule has 6 heteroatoms. The van der Waals surface area contributed by atoms with Gasteiger partial charge in [-0.05, 0) is 35.9 Å². The second kappa shape index (κ2) is 6.44. The molecule has 0 amide bonds. The first-order valence-electron chi connectivity index (χ1n) is 6.73. The number of rotatable bonds is 3. The van der Waals surface area contributed by atoms with Crippen molar-refractivity contribution in [3.8, 4) is 5.75 Å². The summed E-state index contributed by atoms with van der Waals surface area (Å²) in [6.45, 7) is 1.75. The standard InChI is InChI=1S/C17H11Cl2NO3/c1-10-20-15-9-13(5-6-16(15)22-10)23-17(21)7-3-11-2-4-12(18)8-14(11)19/h2-9H,1H3/b7-3+. The Morgan fingerprint density at radius 1 is 1.22 bits per heavy atom. The Kier molecular flexibility index (Phi) is 4.37. The summed E-state index contributed by atoms with van der Waals surface area (Å²) in [5.41, 5.74) is 1.96. The monoisotopic (exact) mass is 347 g/mol. The van der Waals surface area contributed by atoms with Crippen LogP contribution in [0.2, 0.25) is 10.0 Å². The normalized spacial score (nSPS) is 11.3. The number of esters is 1. The minimum atomic E-state index is -0.518. The number of fused-ring (bicyclic) bond motifs is 1. The van der Waals surface area contributed by atoms with Crippen LogP contribution in [-0.4, -0.2) is 11.0 Å². The van der Waals surface area contributed by atoms with E-state index in [9.17, 15) is 4.79 Å². The summed E-state index contributed by atoms with van der Waals surface area (Å²) < 4.78 is 10.6. The smallest absolute Gasteiger partial charge is 0.336 e. The van der Waals surface area contributed by atoms with Gasteiger partial charge in [-0.15, -0.1) is 0 Å². The van der Waals surface area contributed by atoms with Gasteiger partial charge in [0.25, 0.3) is 0 Å². The largest absolute Gasteiger partial charge is 0.441 e. The Morgan fingerprint density at radius 3 is 2.83 bits per heavy atom. The van der Waals surface area contributed by atoms with E-state index in [0.29, 0.717) is 38.3 Å². The number of hydrogen-bond donors (Lipinski definition) is 0. The molecule has 0 spiro atoms. The maximum absolute atomic E-state index is 11.9. The first-order valence-corrected chi connectivity index (χ1v) is 7.49. The Balaban J connectivity index is 1.73. The molecule has 0 fully saturated rings. The lowest BCUT2D eigenvalue weighted by molar-refractivity contribution is -0.128. The van der Waals surface area contributed by atoms with Gasteiger partial charge in [0.15, 0.2) is 11.5 Å². The molecule has 1 heterocycles. The Morgan fingerprint density at radius 2 is 2.04 bits per heavy atom. The van der Waals surface area contributed by atoms with Gasteiger partial charge in [0.1, 0.15) is 11.3 Å². The van der Waals surface area contributed by atoms with Gasteiger partial charge >= 0.3 is 5.97 Å². The summed E-state index contributed by atoms with van der Waals surface area (Å²) in [6, 6.07) is 10.0. The lowest BCUT2D eigenvalue weighted by Crippen LogP contribution is -2.03. The van der Waals surface area contributed by atoms with E-state index >= 15 is 0 Å². The van der Waals surface area contributed by atoms with Gasteiger partial charge in [0.2, 0.25) is 0 Å². The summed E-state index contributed by atoms with van der Waals surface area (Å²) in [7, 11) is 0. The zero-order valence-corrected chi connectivity index (χ0v) is 13.6. The van der Waals surface area contributed by atoms with Gasteiger partial charge in [-0.25, -0.2) is 9.78 Å². The molecule has 3 aromatic rings. The molecule has 0 atom stereocenters. The molecule has 0 bridgehead atoms. The predicted octanol–water partition coefficient (Wildman–Crippen LogP) is 5.06. The Labute approximate surface area is 142 Å². The fraction of sp³-hybridized carbons (Fsp3) is 0.0588. The van der Waals surface area contributed by atoms with Crippen LogP contribution in [0, 0.1) is 6.92 Å². The number of aryl methyl sites for hydroxylation is 1. The van der Waals surface area contributed by atoms with E-state index in [-0.39, 0.29) is 0 Å². The molecular weight excluding hydrogens is 337 g/mol. The van der Waals surface area contributed by atoms with Gasteiger partial charge < -0.3 is 9.15 Å². The molecule has 0 saturated carbocycles. The lowest BCUT2D eigenvalue weighted by Gasteiger charge is -2.01. The van der Waals surface area contributed by atoms with Crippen LogP contribution in [0.1, 0.15) is 11.5 Å². The summed E-state index contributed by atoms with van der Waals surface area (Å²) in [5.74, 6) is 0.430. The fourth-order valence-corrected chi connectivity index (χ4v) is 2.50. The minimum Gasteiger partial charge on any atom is -0.441 e. The molecular formula is C17H11Cl2NO3. The molecule has 0 aliphatic carbocycles. The number of benzene rings is 2. The fourth-order valence-electron chi connectivity index (χ4n) is 2.03. The number of oxazole rings is 1. The van der Waals surface area contributed by atoms with Crippen molar-refractivity contribution >= 4 is 46.3 Å². The number of nitrogens with zero attached hydrogens (tertiary/aromatic N) is 1. The van der Waals surface area contributed by atoms with Crippen molar-refractivity contribution < 1.29 is 13.9 Å². The van der Waals surface area contributed by atoms with E-state index in [0.717, 1.165) is 0 Å². The van der Waals surface area contributed by atoms with Gasteiger partial charge in [-0.3, -0.25) is 0 Å². The van der Waals surface area contributed by atoms with Crippen molar-refractivity contribution in [2.24, 2.45) is 0 Å². The number of aromatic nitrogens is 1. The lowest BCUT2D eigenvalue weighted by atomic mass is 10.2. The SMILES string of the molecule is Cc1nc2cc(OC(=O)/C=C/c3ccc(Cl)cc3Cl)ccc2o1. The quantitative estimate of drug-likeness (QED) is 0.377. The Hall–Kier alpha value is -2.30. The number of carbonyl (C=O) groups excluding carboxylic acids is 1. The molecule has 0 aliphatic heterocycles. The third kappa shape index (κ3) is 3.73. The van der Waals surface area contributed by atoms with Crippen LogP contribution in [0.25, 0.3) is 17.2 Å². The van der Waals surface area contributed by atoms with Crippen molar-refractivity contribution in [1.29, 1.82) is 0 Å². The van der Waals surface area contributed by atoms with E-state index in [1.807, 2.05) is 0 Å². The highest BCUT2D eigenvalue weighted by atomic mass is 35.5. The molecule has 0 saturated heterocycles. The third-order valence-electron chi connectivity index (χ3n) is 3.05. The van der Waals surface area contributed by atoms with Crippen molar-refractivity contribution in [3.63, 3.8) is 0 Å². The summed E-state index contributed by atoms with van der Waals surface area (Å²) in [4.78, 5) is 16.1. The number of halogens is 2. The van der Waals surface area contributed by atoms with E-state index in [1.165, 1.54) is 6.08 Å². The second-order valence-corrected chi connectivity index (χ2v) is 5.63. The maximum Gasteiger partial charge on any atom is 0.336 e. The van der Waals surface area contributed by atoms with Crippen LogP contribution < -0.4 is 4.74 Å². The molecule has 0 unspecified atom stereocenters.